The number of carbonyl (C=O) groups excluding carboxylic acids is 1. The molecule has 3 aromatic rings. The molecule has 4 rings (SSSR count). The Balaban J connectivity index is 1.44. The standard InChI is InChI=1S/C21H26N6O4/c1-21(2,3)31-20(28)26-11-9-15(10-12-26)18-23-17(13-29-18)19(27-14-22-24-25-27)30-16-7-5-4-6-8-16/h4-8,13-15,19H,9-12H2,1-3H3. The molecule has 0 radical (unpaired) electrons. The molecule has 1 fully saturated rings. The van der Waals surface area contributed by atoms with Crippen molar-refractivity contribution in [3.63, 3.8) is 0 Å². The minimum Gasteiger partial charge on any atom is -0.463 e. The molecule has 10 heteroatoms. The van der Waals surface area contributed by atoms with Gasteiger partial charge < -0.3 is 18.8 Å². The highest BCUT2D eigenvalue weighted by atomic mass is 16.6. The first-order valence-corrected chi connectivity index (χ1v) is 10.3. The van der Waals surface area contributed by atoms with E-state index in [-0.39, 0.29) is 12.0 Å². The number of hydrogen-bond donors (Lipinski definition) is 0. The number of hydrogen-bond acceptors (Lipinski definition) is 8. The first-order valence-electron chi connectivity index (χ1n) is 10.3. The van der Waals surface area contributed by atoms with E-state index in [1.54, 1.807) is 11.2 Å². The molecule has 1 unspecified atom stereocenters. The maximum Gasteiger partial charge on any atom is 0.410 e. The van der Waals surface area contributed by atoms with Crippen LogP contribution in [0.4, 0.5) is 4.79 Å². The molecule has 1 aliphatic heterocycles. The van der Waals surface area contributed by atoms with Gasteiger partial charge in [-0.05, 0) is 56.2 Å². The van der Waals surface area contributed by atoms with E-state index in [1.165, 1.54) is 11.0 Å². The van der Waals surface area contributed by atoms with Crippen molar-refractivity contribution < 1.29 is 18.7 Å². The van der Waals surface area contributed by atoms with Gasteiger partial charge >= 0.3 is 6.09 Å². The Kier molecular flexibility index (Phi) is 5.88. The summed E-state index contributed by atoms with van der Waals surface area (Å²) in [6.07, 6.45) is 3.60. The lowest BCUT2D eigenvalue weighted by Crippen LogP contribution is -2.41. The Hall–Kier alpha value is -3.43. The molecule has 1 amide bonds. The van der Waals surface area contributed by atoms with Crippen LogP contribution in [0.3, 0.4) is 0 Å². The van der Waals surface area contributed by atoms with Crippen LogP contribution >= 0.6 is 0 Å². The zero-order valence-electron chi connectivity index (χ0n) is 17.8. The normalized spacial score (nSPS) is 16.2. The summed E-state index contributed by atoms with van der Waals surface area (Å²) in [4.78, 5) is 18.7. The molecule has 3 heterocycles. The molecule has 1 aliphatic rings. The van der Waals surface area contributed by atoms with Crippen molar-refractivity contribution in [2.45, 2.75) is 51.4 Å². The first-order chi connectivity index (χ1) is 14.9. The van der Waals surface area contributed by atoms with E-state index in [9.17, 15) is 4.79 Å². The average molecular weight is 426 g/mol. The van der Waals surface area contributed by atoms with Crippen molar-refractivity contribution in [2.75, 3.05) is 13.1 Å². The van der Waals surface area contributed by atoms with Crippen molar-refractivity contribution in [2.24, 2.45) is 0 Å². The van der Waals surface area contributed by atoms with Crippen molar-refractivity contribution in [3.05, 3.63) is 54.5 Å². The highest BCUT2D eigenvalue weighted by Gasteiger charge is 2.31. The zero-order valence-corrected chi connectivity index (χ0v) is 17.8. The van der Waals surface area contributed by atoms with Gasteiger partial charge in [0.05, 0.1) is 0 Å². The minimum absolute atomic E-state index is 0.110. The summed E-state index contributed by atoms with van der Waals surface area (Å²) < 4.78 is 18.8. The predicted molar refractivity (Wildman–Crippen MR) is 109 cm³/mol. The number of tetrazole rings is 1. The van der Waals surface area contributed by atoms with E-state index in [2.05, 4.69) is 20.5 Å². The Morgan fingerprint density at radius 1 is 1.19 bits per heavy atom. The van der Waals surface area contributed by atoms with Gasteiger partial charge in [-0.15, -0.1) is 5.10 Å². The van der Waals surface area contributed by atoms with Gasteiger partial charge in [0, 0.05) is 19.0 Å². The lowest BCUT2D eigenvalue weighted by Gasteiger charge is -2.32. The molecule has 0 bridgehead atoms. The predicted octanol–water partition coefficient (Wildman–Crippen LogP) is 3.40. The van der Waals surface area contributed by atoms with Crippen LogP contribution in [0.2, 0.25) is 0 Å². The molecule has 31 heavy (non-hydrogen) atoms. The number of aromatic nitrogens is 5. The lowest BCUT2D eigenvalue weighted by atomic mass is 9.97. The van der Waals surface area contributed by atoms with Crippen molar-refractivity contribution in [1.29, 1.82) is 0 Å². The van der Waals surface area contributed by atoms with E-state index in [4.69, 9.17) is 13.9 Å². The Labute approximate surface area is 180 Å². The fourth-order valence-corrected chi connectivity index (χ4v) is 3.39. The topological polar surface area (TPSA) is 108 Å². The maximum absolute atomic E-state index is 12.3. The van der Waals surface area contributed by atoms with Crippen LogP contribution in [0, 0.1) is 0 Å². The zero-order chi connectivity index (χ0) is 21.8. The molecule has 0 saturated carbocycles. The van der Waals surface area contributed by atoms with Gasteiger partial charge in [-0.1, -0.05) is 18.2 Å². The molecule has 10 nitrogen and oxygen atoms in total. The summed E-state index contributed by atoms with van der Waals surface area (Å²) in [6.45, 7) is 6.78. The monoisotopic (exact) mass is 426 g/mol. The third-order valence-corrected chi connectivity index (χ3v) is 4.88. The van der Waals surface area contributed by atoms with Gasteiger partial charge in [-0.25, -0.2) is 9.78 Å². The molecule has 1 aromatic carbocycles. The third-order valence-electron chi connectivity index (χ3n) is 4.88. The molecular weight excluding hydrogens is 400 g/mol. The molecule has 0 N–H and O–H groups in total. The van der Waals surface area contributed by atoms with Gasteiger partial charge in [-0.3, -0.25) is 0 Å². The van der Waals surface area contributed by atoms with Crippen LogP contribution in [0.1, 0.15) is 57.3 Å². The number of oxazole rings is 1. The van der Waals surface area contributed by atoms with Crippen LogP contribution in [-0.2, 0) is 4.74 Å². The number of carbonyl (C=O) groups is 1. The number of amides is 1. The van der Waals surface area contributed by atoms with Crippen molar-refractivity contribution in [1.82, 2.24) is 30.1 Å². The number of nitrogens with zero attached hydrogens (tertiary/aromatic N) is 6. The number of likely N-dealkylation sites (tertiary alicyclic amines) is 1. The highest BCUT2D eigenvalue weighted by Crippen LogP contribution is 2.30. The van der Waals surface area contributed by atoms with E-state index in [1.807, 2.05) is 51.1 Å². The largest absolute Gasteiger partial charge is 0.463 e. The van der Waals surface area contributed by atoms with Crippen LogP contribution in [0.5, 0.6) is 5.75 Å². The average Bonchev–Trinajstić information content (AvgIpc) is 3.44. The Morgan fingerprint density at radius 3 is 2.58 bits per heavy atom. The van der Waals surface area contributed by atoms with E-state index >= 15 is 0 Å². The second kappa shape index (κ2) is 8.75. The van der Waals surface area contributed by atoms with E-state index in [0.29, 0.717) is 30.4 Å². The molecule has 1 atom stereocenters. The molecule has 0 spiro atoms. The number of para-hydroxylation sites is 1. The number of benzene rings is 1. The van der Waals surface area contributed by atoms with E-state index < -0.39 is 11.8 Å². The summed E-state index contributed by atoms with van der Waals surface area (Å²) in [7, 11) is 0. The second-order valence-corrected chi connectivity index (χ2v) is 8.43. The van der Waals surface area contributed by atoms with Gasteiger partial charge in [0.2, 0.25) is 6.23 Å². The molecule has 0 aliphatic carbocycles. The molecule has 164 valence electrons. The number of piperidine rings is 1. The summed E-state index contributed by atoms with van der Waals surface area (Å²) in [5.74, 6) is 1.39. The number of rotatable bonds is 5. The summed E-state index contributed by atoms with van der Waals surface area (Å²) in [5.41, 5.74) is 0.0655. The highest BCUT2D eigenvalue weighted by molar-refractivity contribution is 5.68. The molecular formula is C21H26N6O4. The third kappa shape index (κ3) is 5.19. The quantitative estimate of drug-likeness (QED) is 0.611. The molecule has 2 aromatic heterocycles. The fraction of sp³-hybridized carbons (Fsp3) is 0.476. The Morgan fingerprint density at radius 2 is 1.94 bits per heavy atom. The lowest BCUT2D eigenvalue weighted by molar-refractivity contribution is 0.0199. The molecule has 1 saturated heterocycles. The van der Waals surface area contributed by atoms with Crippen molar-refractivity contribution >= 4 is 6.09 Å². The maximum atomic E-state index is 12.3. The Bertz CT molecular complexity index is 975. The summed E-state index contributed by atoms with van der Waals surface area (Å²) in [5, 5.41) is 11.4. The smallest absolute Gasteiger partial charge is 0.410 e. The second-order valence-electron chi connectivity index (χ2n) is 8.43. The van der Waals surface area contributed by atoms with Crippen LogP contribution in [0.25, 0.3) is 0 Å². The first kappa shape index (κ1) is 20.8. The van der Waals surface area contributed by atoms with Gasteiger partial charge in [0.1, 0.15) is 29.6 Å². The van der Waals surface area contributed by atoms with Crippen molar-refractivity contribution in [3.8, 4) is 5.75 Å². The minimum atomic E-state index is -0.656. The SMILES string of the molecule is CC(C)(C)OC(=O)N1CCC(c2nc(C(Oc3ccccc3)n3cnnn3)co2)CC1. The van der Waals surface area contributed by atoms with Crippen LogP contribution in [0.15, 0.2) is 47.3 Å². The van der Waals surface area contributed by atoms with Gasteiger partial charge in [0.15, 0.2) is 5.89 Å². The van der Waals surface area contributed by atoms with Crippen LogP contribution in [-0.4, -0.2) is 54.9 Å². The summed E-state index contributed by atoms with van der Waals surface area (Å²) >= 11 is 0. The fourth-order valence-electron chi connectivity index (χ4n) is 3.39. The van der Waals surface area contributed by atoms with Gasteiger partial charge in [0.25, 0.3) is 0 Å². The van der Waals surface area contributed by atoms with Gasteiger partial charge in [-0.2, -0.15) is 4.68 Å². The number of ether oxygens (including phenoxy) is 2. The van der Waals surface area contributed by atoms with E-state index in [0.717, 1.165) is 12.8 Å². The summed E-state index contributed by atoms with van der Waals surface area (Å²) in [6, 6.07) is 9.39. The van der Waals surface area contributed by atoms with Crippen LogP contribution < -0.4 is 4.74 Å².